The molecular weight excluding hydrogens is 212 g/mol. The smallest absolute Gasteiger partial charge is 0.209 e. The second-order valence-electron chi connectivity index (χ2n) is 4.64. The summed E-state index contributed by atoms with van der Waals surface area (Å²) in [5.74, 6) is 0. The highest BCUT2D eigenvalue weighted by molar-refractivity contribution is 7.88. The highest BCUT2D eigenvalue weighted by Gasteiger charge is 2.21. The van der Waals surface area contributed by atoms with Crippen LogP contribution in [0.1, 0.15) is 27.2 Å². The van der Waals surface area contributed by atoms with Gasteiger partial charge in [0.25, 0.3) is 0 Å². The molecule has 5 heteroatoms. The SMILES string of the molecule is C=C(C)CCNCC(C)(C)NS(C)(=O)=O. The first-order valence-electron chi connectivity index (χ1n) is 4.96. The Balaban J connectivity index is 3.89. The summed E-state index contributed by atoms with van der Waals surface area (Å²) < 4.78 is 24.6. The van der Waals surface area contributed by atoms with Crippen LogP contribution < -0.4 is 10.0 Å². The first kappa shape index (κ1) is 14.6. The third-order valence-electron chi connectivity index (χ3n) is 1.76. The van der Waals surface area contributed by atoms with Gasteiger partial charge in [-0.3, -0.25) is 0 Å². The Morgan fingerprint density at radius 1 is 1.40 bits per heavy atom. The van der Waals surface area contributed by atoms with Gasteiger partial charge in [0.2, 0.25) is 10.0 Å². The zero-order chi connectivity index (χ0) is 12.1. The van der Waals surface area contributed by atoms with Crippen LogP contribution in [0.4, 0.5) is 0 Å². The molecule has 0 saturated carbocycles. The van der Waals surface area contributed by atoms with Crippen molar-refractivity contribution in [3.63, 3.8) is 0 Å². The van der Waals surface area contributed by atoms with E-state index in [9.17, 15) is 8.42 Å². The largest absolute Gasteiger partial charge is 0.315 e. The lowest BCUT2D eigenvalue weighted by molar-refractivity contribution is 0.423. The molecular formula is C10H22N2O2S. The van der Waals surface area contributed by atoms with E-state index in [4.69, 9.17) is 0 Å². The van der Waals surface area contributed by atoms with E-state index in [2.05, 4.69) is 16.6 Å². The van der Waals surface area contributed by atoms with E-state index >= 15 is 0 Å². The summed E-state index contributed by atoms with van der Waals surface area (Å²) in [6, 6.07) is 0. The van der Waals surface area contributed by atoms with Crippen molar-refractivity contribution in [1.82, 2.24) is 10.0 Å². The monoisotopic (exact) mass is 234 g/mol. The van der Waals surface area contributed by atoms with Crippen molar-refractivity contribution in [3.8, 4) is 0 Å². The molecule has 0 spiro atoms. The molecule has 0 atom stereocenters. The fourth-order valence-electron chi connectivity index (χ4n) is 1.24. The molecule has 2 N–H and O–H groups in total. The van der Waals surface area contributed by atoms with E-state index < -0.39 is 15.6 Å². The molecule has 0 rings (SSSR count). The van der Waals surface area contributed by atoms with Crippen LogP contribution in [0.5, 0.6) is 0 Å². The standard InChI is InChI=1S/C10H22N2O2S/c1-9(2)6-7-11-8-10(3,4)12-15(5,13)14/h11-12H,1,6-8H2,2-5H3. The van der Waals surface area contributed by atoms with Gasteiger partial charge in [-0.25, -0.2) is 13.1 Å². The van der Waals surface area contributed by atoms with E-state index in [1.807, 2.05) is 20.8 Å². The minimum atomic E-state index is -3.14. The molecule has 4 nitrogen and oxygen atoms in total. The van der Waals surface area contributed by atoms with Gasteiger partial charge in [0.1, 0.15) is 0 Å². The predicted molar refractivity (Wildman–Crippen MR) is 64.4 cm³/mol. The Labute approximate surface area is 93.2 Å². The molecule has 0 aliphatic carbocycles. The maximum atomic E-state index is 11.0. The van der Waals surface area contributed by atoms with Crippen molar-refractivity contribution in [2.24, 2.45) is 0 Å². The molecule has 0 unspecified atom stereocenters. The third-order valence-corrected chi connectivity index (χ3v) is 2.68. The summed E-state index contributed by atoms with van der Waals surface area (Å²) in [6.45, 7) is 10.9. The second kappa shape index (κ2) is 5.63. The van der Waals surface area contributed by atoms with Crippen molar-refractivity contribution in [3.05, 3.63) is 12.2 Å². The van der Waals surface area contributed by atoms with Crippen LogP contribution in [0.2, 0.25) is 0 Å². The van der Waals surface area contributed by atoms with Crippen LogP contribution >= 0.6 is 0 Å². The van der Waals surface area contributed by atoms with Crippen LogP contribution in [0.15, 0.2) is 12.2 Å². The van der Waals surface area contributed by atoms with Gasteiger partial charge in [-0.2, -0.15) is 0 Å². The lowest BCUT2D eigenvalue weighted by atomic mass is 10.1. The summed E-state index contributed by atoms with van der Waals surface area (Å²) >= 11 is 0. The molecule has 0 fully saturated rings. The van der Waals surface area contributed by atoms with Crippen LogP contribution in [-0.2, 0) is 10.0 Å². The van der Waals surface area contributed by atoms with Gasteiger partial charge in [0, 0.05) is 12.1 Å². The third kappa shape index (κ3) is 9.90. The average molecular weight is 234 g/mol. The predicted octanol–water partition coefficient (Wildman–Crippen LogP) is 0.870. The van der Waals surface area contributed by atoms with Crippen molar-refractivity contribution in [2.45, 2.75) is 32.7 Å². The van der Waals surface area contributed by atoms with Crippen LogP contribution in [0.3, 0.4) is 0 Å². The molecule has 0 radical (unpaired) electrons. The Kier molecular flexibility index (Phi) is 5.48. The molecule has 90 valence electrons. The Bertz CT molecular complexity index is 307. The highest BCUT2D eigenvalue weighted by Crippen LogP contribution is 2.02. The van der Waals surface area contributed by atoms with Crippen LogP contribution in [0, 0.1) is 0 Å². The molecule has 0 aromatic rings. The van der Waals surface area contributed by atoms with Crippen molar-refractivity contribution in [2.75, 3.05) is 19.3 Å². The van der Waals surface area contributed by atoms with E-state index in [0.717, 1.165) is 18.5 Å². The Morgan fingerprint density at radius 3 is 2.33 bits per heavy atom. The molecule has 0 aliphatic rings. The molecule has 15 heavy (non-hydrogen) atoms. The summed E-state index contributed by atoms with van der Waals surface area (Å²) in [4.78, 5) is 0. The quantitative estimate of drug-likeness (QED) is 0.507. The van der Waals surface area contributed by atoms with Gasteiger partial charge in [0.05, 0.1) is 6.26 Å². The Hall–Kier alpha value is -0.390. The fourth-order valence-corrected chi connectivity index (χ4v) is 2.32. The number of nitrogens with one attached hydrogen (secondary N) is 2. The molecule has 0 saturated heterocycles. The van der Waals surface area contributed by atoms with E-state index in [-0.39, 0.29) is 0 Å². The van der Waals surface area contributed by atoms with Crippen LogP contribution in [0.25, 0.3) is 0 Å². The van der Waals surface area contributed by atoms with E-state index in [1.54, 1.807) is 0 Å². The zero-order valence-electron chi connectivity index (χ0n) is 10.1. The second-order valence-corrected chi connectivity index (χ2v) is 6.39. The summed E-state index contributed by atoms with van der Waals surface area (Å²) in [5, 5.41) is 3.19. The van der Waals surface area contributed by atoms with Gasteiger partial charge in [-0.1, -0.05) is 5.57 Å². The first-order chi connectivity index (χ1) is 6.62. The highest BCUT2D eigenvalue weighted by atomic mass is 32.2. The molecule has 0 aromatic heterocycles. The van der Waals surface area contributed by atoms with Gasteiger partial charge >= 0.3 is 0 Å². The minimum absolute atomic E-state index is 0.456. The first-order valence-corrected chi connectivity index (χ1v) is 6.85. The van der Waals surface area contributed by atoms with E-state index in [1.165, 1.54) is 6.26 Å². The van der Waals surface area contributed by atoms with Gasteiger partial charge in [-0.15, -0.1) is 6.58 Å². The van der Waals surface area contributed by atoms with Crippen molar-refractivity contribution in [1.29, 1.82) is 0 Å². The lowest BCUT2D eigenvalue weighted by Crippen LogP contribution is -2.50. The topological polar surface area (TPSA) is 58.2 Å². The van der Waals surface area contributed by atoms with Crippen molar-refractivity contribution >= 4 is 10.0 Å². The zero-order valence-corrected chi connectivity index (χ0v) is 10.9. The lowest BCUT2D eigenvalue weighted by Gasteiger charge is -2.25. The van der Waals surface area contributed by atoms with Crippen LogP contribution in [-0.4, -0.2) is 33.3 Å². The Morgan fingerprint density at radius 2 is 1.93 bits per heavy atom. The molecule has 0 bridgehead atoms. The fraction of sp³-hybridized carbons (Fsp3) is 0.800. The average Bonchev–Trinajstić information content (AvgIpc) is 1.93. The molecule has 0 aromatic carbocycles. The number of hydrogen-bond donors (Lipinski definition) is 2. The maximum absolute atomic E-state index is 11.0. The van der Waals surface area contributed by atoms with Gasteiger partial charge in [0.15, 0.2) is 0 Å². The number of hydrogen-bond acceptors (Lipinski definition) is 3. The number of rotatable bonds is 7. The summed E-state index contributed by atoms with van der Waals surface area (Å²) in [6.07, 6.45) is 2.08. The maximum Gasteiger partial charge on any atom is 0.209 e. The molecule has 0 aliphatic heterocycles. The minimum Gasteiger partial charge on any atom is -0.315 e. The number of sulfonamides is 1. The van der Waals surface area contributed by atoms with Gasteiger partial charge in [-0.05, 0) is 33.7 Å². The summed E-state index contributed by atoms with van der Waals surface area (Å²) in [5.41, 5.74) is 0.666. The summed E-state index contributed by atoms with van der Waals surface area (Å²) in [7, 11) is -3.14. The van der Waals surface area contributed by atoms with Crippen molar-refractivity contribution < 1.29 is 8.42 Å². The molecule has 0 amide bonds. The van der Waals surface area contributed by atoms with E-state index in [0.29, 0.717) is 6.54 Å². The molecule has 0 heterocycles. The normalized spacial score (nSPS) is 12.8. The van der Waals surface area contributed by atoms with Gasteiger partial charge < -0.3 is 5.32 Å².